The molecule has 0 atom stereocenters. The molecule has 4 aromatic rings. The molecule has 0 aliphatic carbocycles. The number of aromatic nitrogens is 5. The summed E-state index contributed by atoms with van der Waals surface area (Å²) in [5.41, 5.74) is 5.62. The first kappa shape index (κ1) is 20.2. The Morgan fingerprint density at radius 3 is 2.63 bits per heavy atom. The number of amides is 1. The Hall–Kier alpha value is -3.13. The highest BCUT2D eigenvalue weighted by Gasteiger charge is 2.13. The molecule has 3 heterocycles. The van der Waals surface area contributed by atoms with Crippen molar-refractivity contribution in [3.05, 3.63) is 65.4 Å². The first-order chi connectivity index (χ1) is 14.4. The predicted octanol–water partition coefficient (Wildman–Crippen LogP) is 4.11. The summed E-state index contributed by atoms with van der Waals surface area (Å²) in [4.78, 5) is 22.5. The zero-order valence-corrected chi connectivity index (χ0v) is 18.3. The molecule has 0 spiro atoms. The summed E-state index contributed by atoms with van der Waals surface area (Å²) in [7, 11) is 1.97. The van der Waals surface area contributed by atoms with Crippen molar-refractivity contribution in [3.8, 4) is 0 Å². The van der Waals surface area contributed by atoms with Gasteiger partial charge in [0.15, 0.2) is 10.8 Å². The second-order valence-corrected chi connectivity index (χ2v) is 8.35. The van der Waals surface area contributed by atoms with Crippen LogP contribution in [0.4, 0.5) is 5.69 Å². The molecule has 154 valence electrons. The van der Waals surface area contributed by atoms with Crippen LogP contribution in [0.25, 0.3) is 5.65 Å². The number of anilines is 1. The molecule has 8 heteroatoms. The minimum absolute atomic E-state index is 0.0185. The van der Waals surface area contributed by atoms with E-state index in [1.54, 1.807) is 18.0 Å². The molecule has 1 amide bonds. The molecular formula is C22H24N6OS. The van der Waals surface area contributed by atoms with Crippen LogP contribution in [-0.4, -0.2) is 30.1 Å². The average Bonchev–Trinajstić information content (AvgIpc) is 3.28. The molecule has 0 radical (unpaired) electrons. The third-order valence-electron chi connectivity index (χ3n) is 5.01. The van der Waals surface area contributed by atoms with Crippen LogP contribution in [0, 0.1) is 20.8 Å². The lowest BCUT2D eigenvalue weighted by molar-refractivity contribution is -0.116. The number of hydrogen-bond donors (Lipinski definition) is 1. The van der Waals surface area contributed by atoms with Gasteiger partial charge in [0.25, 0.3) is 0 Å². The van der Waals surface area contributed by atoms with E-state index in [4.69, 9.17) is 0 Å². The second-order valence-electron chi connectivity index (χ2n) is 7.31. The van der Waals surface area contributed by atoms with Crippen LogP contribution in [0.2, 0.25) is 0 Å². The number of benzene rings is 1. The van der Waals surface area contributed by atoms with Gasteiger partial charge in [0.1, 0.15) is 0 Å². The fourth-order valence-corrected chi connectivity index (χ4v) is 4.23. The minimum Gasteiger partial charge on any atom is -0.329 e. The van der Waals surface area contributed by atoms with Crippen molar-refractivity contribution in [1.82, 2.24) is 24.1 Å². The maximum absolute atomic E-state index is 12.5. The number of nitrogens with zero attached hydrogens (tertiary/aromatic N) is 5. The van der Waals surface area contributed by atoms with E-state index in [-0.39, 0.29) is 5.91 Å². The first-order valence-corrected chi connectivity index (χ1v) is 10.6. The molecule has 1 aromatic carbocycles. The summed E-state index contributed by atoms with van der Waals surface area (Å²) in [5.74, 6) is -0.0185. The van der Waals surface area contributed by atoms with Gasteiger partial charge in [-0.2, -0.15) is 5.10 Å². The van der Waals surface area contributed by atoms with Gasteiger partial charge in [-0.25, -0.2) is 14.5 Å². The van der Waals surface area contributed by atoms with Crippen LogP contribution in [0.5, 0.6) is 0 Å². The predicted molar refractivity (Wildman–Crippen MR) is 118 cm³/mol. The van der Waals surface area contributed by atoms with Crippen LogP contribution in [0.15, 0.2) is 52.8 Å². The number of carbonyl (C=O) groups excluding carboxylic acids is 1. The lowest BCUT2D eigenvalue weighted by atomic mass is 10.1. The van der Waals surface area contributed by atoms with Crippen LogP contribution in [0.3, 0.4) is 0 Å². The van der Waals surface area contributed by atoms with E-state index in [0.717, 1.165) is 44.0 Å². The molecule has 1 N–H and O–H groups in total. The van der Waals surface area contributed by atoms with Gasteiger partial charge in [-0.3, -0.25) is 4.79 Å². The van der Waals surface area contributed by atoms with E-state index >= 15 is 0 Å². The SMILES string of the molecule is Cc1cc2nc(C)c(CCC(=O)Nc3ccc(Sc4nccn4C)cc3)c(C)n2n1. The molecule has 0 saturated carbocycles. The Balaban J connectivity index is 1.38. The van der Waals surface area contributed by atoms with Crippen LogP contribution >= 0.6 is 11.8 Å². The Bertz CT molecular complexity index is 1210. The minimum atomic E-state index is -0.0185. The van der Waals surface area contributed by atoms with Crippen molar-refractivity contribution in [2.24, 2.45) is 7.05 Å². The zero-order chi connectivity index (χ0) is 21.3. The molecule has 4 rings (SSSR count). The van der Waals surface area contributed by atoms with Crippen molar-refractivity contribution in [3.63, 3.8) is 0 Å². The summed E-state index contributed by atoms with van der Waals surface area (Å²) in [6.45, 7) is 5.97. The number of carbonyl (C=O) groups is 1. The first-order valence-electron chi connectivity index (χ1n) is 9.78. The van der Waals surface area contributed by atoms with Gasteiger partial charge in [0.2, 0.25) is 5.91 Å². The number of nitrogens with one attached hydrogen (secondary N) is 1. The average molecular weight is 421 g/mol. The topological polar surface area (TPSA) is 77.1 Å². The van der Waals surface area contributed by atoms with Crippen LogP contribution in [0.1, 0.15) is 29.1 Å². The van der Waals surface area contributed by atoms with Gasteiger partial charge in [-0.15, -0.1) is 0 Å². The fraction of sp³-hybridized carbons (Fsp3) is 0.273. The van der Waals surface area contributed by atoms with E-state index in [2.05, 4.69) is 20.4 Å². The highest BCUT2D eigenvalue weighted by molar-refractivity contribution is 7.99. The molecular weight excluding hydrogens is 396 g/mol. The van der Waals surface area contributed by atoms with Gasteiger partial charge >= 0.3 is 0 Å². The maximum Gasteiger partial charge on any atom is 0.224 e. The Morgan fingerprint density at radius 2 is 1.93 bits per heavy atom. The summed E-state index contributed by atoms with van der Waals surface area (Å²) in [5, 5.41) is 8.40. The van der Waals surface area contributed by atoms with E-state index in [9.17, 15) is 4.79 Å². The number of aryl methyl sites for hydroxylation is 4. The standard InChI is InChI=1S/C22H24N6OS/c1-14-13-20-24-15(2)19(16(3)28(20)26-14)9-10-21(29)25-17-5-7-18(8-6-17)30-22-23-11-12-27(22)4/h5-8,11-13H,9-10H2,1-4H3,(H,25,29). The largest absolute Gasteiger partial charge is 0.329 e. The molecule has 0 aliphatic heterocycles. The molecule has 0 unspecified atom stereocenters. The van der Waals surface area contributed by atoms with Crippen molar-refractivity contribution >= 4 is 29.0 Å². The summed E-state index contributed by atoms with van der Waals surface area (Å²) < 4.78 is 3.83. The van der Waals surface area contributed by atoms with E-state index < -0.39 is 0 Å². The fourth-order valence-electron chi connectivity index (χ4n) is 3.43. The van der Waals surface area contributed by atoms with Gasteiger partial charge in [-0.1, -0.05) is 11.8 Å². The number of hydrogen-bond acceptors (Lipinski definition) is 5. The van der Waals surface area contributed by atoms with Crippen molar-refractivity contribution < 1.29 is 4.79 Å². The van der Waals surface area contributed by atoms with Crippen LogP contribution < -0.4 is 5.32 Å². The van der Waals surface area contributed by atoms with Gasteiger partial charge < -0.3 is 9.88 Å². The molecule has 30 heavy (non-hydrogen) atoms. The van der Waals surface area contributed by atoms with Crippen LogP contribution in [-0.2, 0) is 18.3 Å². The van der Waals surface area contributed by atoms with E-state index in [0.29, 0.717) is 12.8 Å². The molecule has 0 saturated heterocycles. The molecule has 0 bridgehead atoms. The van der Waals surface area contributed by atoms with Crippen molar-refractivity contribution in [2.45, 2.75) is 43.7 Å². The van der Waals surface area contributed by atoms with Gasteiger partial charge in [0.05, 0.1) is 5.69 Å². The summed E-state index contributed by atoms with van der Waals surface area (Å²) in [6, 6.07) is 9.77. The number of rotatable bonds is 6. The third-order valence-corrected chi connectivity index (χ3v) is 6.10. The summed E-state index contributed by atoms with van der Waals surface area (Å²) in [6.07, 6.45) is 4.71. The highest BCUT2D eigenvalue weighted by Crippen LogP contribution is 2.27. The lowest BCUT2D eigenvalue weighted by Gasteiger charge is -2.11. The van der Waals surface area contributed by atoms with E-state index in [1.165, 1.54) is 0 Å². The molecule has 3 aromatic heterocycles. The smallest absolute Gasteiger partial charge is 0.224 e. The number of imidazole rings is 1. The summed E-state index contributed by atoms with van der Waals surface area (Å²) >= 11 is 1.59. The molecule has 7 nitrogen and oxygen atoms in total. The lowest BCUT2D eigenvalue weighted by Crippen LogP contribution is -2.14. The van der Waals surface area contributed by atoms with Gasteiger partial charge in [-0.05, 0) is 57.0 Å². The highest BCUT2D eigenvalue weighted by atomic mass is 32.2. The Labute approximate surface area is 179 Å². The quantitative estimate of drug-likeness (QED) is 0.508. The monoisotopic (exact) mass is 420 g/mol. The third kappa shape index (κ3) is 4.23. The maximum atomic E-state index is 12.5. The van der Waals surface area contributed by atoms with Crippen molar-refractivity contribution in [2.75, 3.05) is 5.32 Å². The molecule has 0 fully saturated rings. The zero-order valence-electron chi connectivity index (χ0n) is 17.5. The van der Waals surface area contributed by atoms with Gasteiger partial charge in [0, 0.05) is 53.9 Å². The Kier molecular flexibility index (Phi) is 5.59. The van der Waals surface area contributed by atoms with Crippen molar-refractivity contribution in [1.29, 1.82) is 0 Å². The molecule has 0 aliphatic rings. The number of fused-ring (bicyclic) bond motifs is 1. The van der Waals surface area contributed by atoms with E-state index in [1.807, 2.05) is 73.4 Å². The second kappa shape index (κ2) is 8.31. The Morgan fingerprint density at radius 1 is 1.17 bits per heavy atom. The normalized spacial score (nSPS) is 11.2.